The van der Waals surface area contributed by atoms with Crippen LogP contribution in [-0.2, 0) is 0 Å². The van der Waals surface area contributed by atoms with Gasteiger partial charge in [-0.15, -0.1) is 5.10 Å². The number of benzene rings is 1. The minimum Gasteiger partial charge on any atom is -0.435 e. The van der Waals surface area contributed by atoms with Crippen molar-refractivity contribution in [1.82, 2.24) is 15.1 Å². The molecule has 0 radical (unpaired) electrons. The fourth-order valence-corrected chi connectivity index (χ4v) is 3.45. The molecule has 7 heteroatoms. The zero-order valence-corrected chi connectivity index (χ0v) is 15.1. The molecule has 1 aliphatic rings. The minimum atomic E-state index is -2.80. The van der Waals surface area contributed by atoms with Gasteiger partial charge in [-0.05, 0) is 56.6 Å². The van der Waals surface area contributed by atoms with Crippen molar-refractivity contribution in [1.29, 1.82) is 0 Å². The zero-order chi connectivity index (χ0) is 18.5. The number of rotatable bonds is 7. The molecule has 1 aromatic carbocycles. The summed E-state index contributed by atoms with van der Waals surface area (Å²) < 4.78 is 28.9. The van der Waals surface area contributed by atoms with Gasteiger partial charge >= 0.3 is 6.61 Å². The molecule has 0 aliphatic carbocycles. The van der Waals surface area contributed by atoms with Crippen LogP contribution in [0.3, 0.4) is 0 Å². The quantitative estimate of drug-likeness (QED) is 0.751. The first-order valence-corrected chi connectivity index (χ1v) is 8.84. The van der Waals surface area contributed by atoms with Gasteiger partial charge in [-0.2, -0.15) is 13.9 Å². The molecule has 2 heterocycles. The van der Waals surface area contributed by atoms with E-state index in [9.17, 15) is 8.78 Å². The second kappa shape index (κ2) is 8.40. The van der Waals surface area contributed by atoms with Gasteiger partial charge in [0.2, 0.25) is 0 Å². The minimum absolute atomic E-state index is 0.167. The van der Waals surface area contributed by atoms with Crippen molar-refractivity contribution in [3.8, 4) is 5.75 Å². The maximum absolute atomic E-state index is 12.3. The molecule has 1 fully saturated rings. The number of hydrogen-bond donors (Lipinski definition) is 0. The summed E-state index contributed by atoms with van der Waals surface area (Å²) in [5.74, 6) is 1.10. The highest BCUT2D eigenvalue weighted by Gasteiger charge is 2.28. The van der Waals surface area contributed by atoms with Crippen molar-refractivity contribution < 1.29 is 13.5 Å². The van der Waals surface area contributed by atoms with Gasteiger partial charge in [-0.25, -0.2) is 0 Å². The Kier molecular flexibility index (Phi) is 5.98. The van der Waals surface area contributed by atoms with Crippen molar-refractivity contribution in [3.05, 3.63) is 48.2 Å². The van der Waals surface area contributed by atoms with Crippen LogP contribution in [0, 0.1) is 0 Å². The molecule has 0 N–H and O–H groups in total. The van der Waals surface area contributed by atoms with Gasteiger partial charge in [0.15, 0.2) is 5.82 Å². The van der Waals surface area contributed by atoms with Crippen LogP contribution in [-0.4, -0.2) is 47.9 Å². The van der Waals surface area contributed by atoms with E-state index in [1.54, 1.807) is 18.3 Å². The molecule has 3 rings (SSSR count). The topological polar surface area (TPSA) is 41.5 Å². The third-order valence-electron chi connectivity index (χ3n) is 4.98. The van der Waals surface area contributed by atoms with E-state index in [1.807, 2.05) is 24.3 Å². The van der Waals surface area contributed by atoms with Gasteiger partial charge in [0.1, 0.15) is 5.75 Å². The van der Waals surface area contributed by atoms with E-state index in [0.717, 1.165) is 37.3 Å². The van der Waals surface area contributed by atoms with Gasteiger partial charge in [0, 0.05) is 31.4 Å². The molecule has 2 aromatic rings. The zero-order valence-electron chi connectivity index (χ0n) is 15.1. The molecule has 2 unspecified atom stereocenters. The van der Waals surface area contributed by atoms with Crippen molar-refractivity contribution >= 4 is 5.82 Å². The molecule has 5 nitrogen and oxygen atoms in total. The Morgan fingerprint density at radius 1 is 1.27 bits per heavy atom. The maximum Gasteiger partial charge on any atom is 0.387 e. The van der Waals surface area contributed by atoms with Crippen LogP contribution in [0.25, 0.3) is 0 Å². The van der Waals surface area contributed by atoms with E-state index in [4.69, 9.17) is 0 Å². The van der Waals surface area contributed by atoms with Crippen molar-refractivity contribution in [2.24, 2.45) is 0 Å². The number of aromatic nitrogens is 2. The average Bonchev–Trinajstić information content (AvgIpc) is 3.10. The Labute approximate surface area is 152 Å². The highest BCUT2D eigenvalue weighted by molar-refractivity contribution is 5.39. The summed E-state index contributed by atoms with van der Waals surface area (Å²) in [6.07, 6.45) is 3.95. The smallest absolute Gasteiger partial charge is 0.387 e. The van der Waals surface area contributed by atoms with Crippen LogP contribution in [0.15, 0.2) is 42.6 Å². The van der Waals surface area contributed by atoms with Gasteiger partial charge in [-0.1, -0.05) is 12.1 Å². The summed E-state index contributed by atoms with van der Waals surface area (Å²) in [6.45, 7) is 1.21. The van der Waals surface area contributed by atoms with Gasteiger partial charge in [0.05, 0.1) is 0 Å². The predicted molar refractivity (Wildman–Crippen MR) is 96.5 cm³/mol. The van der Waals surface area contributed by atoms with Crippen LogP contribution in [0.2, 0.25) is 0 Å². The normalized spacial score (nSPS) is 18.5. The lowest BCUT2D eigenvalue weighted by atomic mass is 10.1. The molecule has 0 amide bonds. The van der Waals surface area contributed by atoms with Crippen LogP contribution in [0.4, 0.5) is 14.6 Å². The molecular weight excluding hydrogens is 338 g/mol. The third kappa shape index (κ3) is 4.46. The molecule has 1 saturated heterocycles. The van der Waals surface area contributed by atoms with Crippen LogP contribution in [0.1, 0.15) is 31.4 Å². The van der Waals surface area contributed by atoms with E-state index in [0.29, 0.717) is 6.04 Å². The molecule has 26 heavy (non-hydrogen) atoms. The lowest BCUT2D eigenvalue weighted by Gasteiger charge is -2.32. The first kappa shape index (κ1) is 18.5. The van der Waals surface area contributed by atoms with Crippen molar-refractivity contribution in [2.45, 2.75) is 38.5 Å². The summed E-state index contributed by atoms with van der Waals surface area (Å²) in [5.41, 5.74) is 1.07. The predicted octanol–water partition coefficient (Wildman–Crippen LogP) is 3.74. The molecule has 1 aliphatic heterocycles. The van der Waals surface area contributed by atoms with E-state index in [1.165, 1.54) is 0 Å². The summed E-state index contributed by atoms with van der Waals surface area (Å²) in [4.78, 5) is 4.60. The first-order valence-electron chi connectivity index (χ1n) is 8.84. The Morgan fingerprint density at radius 3 is 2.69 bits per heavy atom. The number of alkyl halides is 2. The van der Waals surface area contributed by atoms with E-state index in [-0.39, 0.29) is 11.8 Å². The summed E-state index contributed by atoms with van der Waals surface area (Å²) >= 11 is 0. The molecular formula is C19H24F2N4O. The fraction of sp³-hybridized carbons (Fsp3) is 0.474. The maximum atomic E-state index is 12.3. The fourth-order valence-electron chi connectivity index (χ4n) is 3.45. The highest BCUT2D eigenvalue weighted by atomic mass is 19.3. The lowest BCUT2D eigenvalue weighted by Crippen LogP contribution is -2.40. The molecule has 0 spiro atoms. The number of nitrogens with zero attached hydrogens (tertiary/aromatic N) is 4. The third-order valence-corrected chi connectivity index (χ3v) is 4.98. The Balaban J connectivity index is 1.62. The number of ether oxygens (including phenoxy) is 1. The number of halogens is 2. The Bertz CT molecular complexity index is 684. The average molecular weight is 362 g/mol. The first-order chi connectivity index (χ1) is 12.5. The largest absolute Gasteiger partial charge is 0.435 e. The van der Waals surface area contributed by atoms with E-state index in [2.05, 4.69) is 38.7 Å². The lowest BCUT2D eigenvalue weighted by molar-refractivity contribution is -0.0498. The molecule has 140 valence electrons. The van der Waals surface area contributed by atoms with Gasteiger partial charge in [0.25, 0.3) is 0 Å². The van der Waals surface area contributed by atoms with E-state index >= 15 is 0 Å². The monoisotopic (exact) mass is 362 g/mol. The summed E-state index contributed by atoms with van der Waals surface area (Å²) in [5, 5.41) is 8.22. The van der Waals surface area contributed by atoms with Crippen LogP contribution in [0.5, 0.6) is 5.75 Å². The number of likely N-dealkylation sites (N-methyl/N-ethyl adjacent to an activating group) is 1. The molecule has 0 saturated carbocycles. The van der Waals surface area contributed by atoms with Crippen LogP contribution < -0.4 is 9.64 Å². The highest BCUT2D eigenvalue weighted by Crippen LogP contribution is 2.27. The molecule has 0 bridgehead atoms. The Morgan fingerprint density at radius 2 is 2.04 bits per heavy atom. The number of hydrogen-bond acceptors (Lipinski definition) is 5. The summed E-state index contributed by atoms with van der Waals surface area (Å²) in [6, 6.07) is 11.3. The summed E-state index contributed by atoms with van der Waals surface area (Å²) in [7, 11) is 2.08. The van der Waals surface area contributed by atoms with Gasteiger partial charge < -0.3 is 9.64 Å². The van der Waals surface area contributed by atoms with Crippen molar-refractivity contribution in [2.75, 3.05) is 25.0 Å². The second-order valence-electron chi connectivity index (χ2n) is 6.63. The molecule has 1 aromatic heterocycles. The van der Waals surface area contributed by atoms with Crippen LogP contribution >= 0.6 is 0 Å². The van der Waals surface area contributed by atoms with Crippen molar-refractivity contribution in [3.63, 3.8) is 0 Å². The SMILES string of the molecule is CC(c1ccc(OC(F)F)cc1)N(C)CC1CCCN1c1cccnn1. The van der Waals surface area contributed by atoms with Gasteiger partial charge in [-0.3, -0.25) is 4.90 Å². The standard InChI is InChI=1S/C19H24F2N4O/c1-14(15-7-9-17(10-8-15)26-19(20)21)24(2)13-16-5-4-12-25(16)18-6-3-11-22-23-18/h3,6-11,14,16,19H,4-5,12-13H2,1-2H3. The number of anilines is 1. The second-order valence-corrected chi connectivity index (χ2v) is 6.63. The van der Waals surface area contributed by atoms with E-state index < -0.39 is 6.61 Å². The Hall–Kier alpha value is -2.28. The molecule has 2 atom stereocenters.